The molecule has 2 rings (SSSR count). The largest absolute Gasteiger partial charge is 0.481 e. The summed E-state index contributed by atoms with van der Waals surface area (Å²) >= 11 is 0. The highest BCUT2D eigenvalue weighted by Crippen LogP contribution is 2.22. The van der Waals surface area contributed by atoms with Crippen molar-refractivity contribution in [3.8, 4) is 0 Å². The molecule has 1 fully saturated rings. The number of carboxylic acids is 1. The first kappa shape index (κ1) is 13.3. The van der Waals surface area contributed by atoms with E-state index in [2.05, 4.69) is 15.3 Å². The second-order valence-electron chi connectivity index (χ2n) is 4.81. The van der Waals surface area contributed by atoms with Gasteiger partial charge in [-0.3, -0.25) is 10.1 Å². The van der Waals surface area contributed by atoms with Gasteiger partial charge in [-0.05, 0) is 18.4 Å². The topological polar surface area (TPSA) is 95.4 Å². The number of aliphatic carboxylic acids is 1. The summed E-state index contributed by atoms with van der Waals surface area (Å²) in [6.45, 7) is 2.73. The monoisotopic (exact) mass is 264 g/mol. The SMILES string of the molecule is CC1CC(C(=O)O)CN(C(=O)Nc2ccncn2)C1. The molecule has 7 nitrogen and oxygen atoms in total. The predicted molar refractivity (Wildman–Crippen MR) is 67.5 cm³/mol. The fourth-order valence-corrected chi connectivity index (χ4v) is 2.25. The molecule has 2 heterocycles. The van der Waals surface area contributed by atoms with Gasteiger partial charge in [0.05, 0.1) is 5.92 Å². The van der Waals surface area contributed by atoms with Crippen LogP contribution in [-0.2, 0) is 4.79 Å². The number of piperidine rings is 1. The Morgan fingerprint density at radius 1 is 1.47 bits per heavy atom. The number of amides is 2. The van der Waals surface area contributed by atoms with Crippen LogP contribution in [0.1, 0.15) is 13.3 Å². The van der Waals surface area contributed by atoms with Gasteiger partial charge in [0.1, 0.15) is 12.1 Å². The van der Waals surface area contributed by atoms with Gasteiger partial charge in [-0.1, -0.05) is 6.92 Å². The highest BCUT2D eigenvalue weighted by Gasteiger charge is 2.31. The van der Waals surface area contributed by atoms with E-state index in [0.29, 0.717) is 18.8 Å². The number of carbonyl (C=O) groups excluding carboxylic acids is 1. The van der Waals surface area contributed by atoms with Crippen LogP contribution in [0.2, 0.25) is 0 Å². The van der Waals surface area contributed by atoms with Crippen LogP contribution < -0.4 is 5.32 Å². The van der Waals surface area contributed by atoms with Gasteiger partial charge in [0.15, 0.2) is 0 Å². The van der Waals surface area contributed by atoms with Gasteiger partial charge in [0.2, 0.25) is 0 Å². The van der Waals surface area contributed by atoms with Gasteiger partial charge >= 0.3 is 12.0 Å². The molecule has 1 aromatic heterocycles. The maximum atomic E-state index is 12.0. The first-order valence-corrected chi connectivity index (χ1v) is 6.11. The predicted octanol–water partition coefficient (Wildman–Crippen LogP) is 1.05. The van der Waals surface area contributed by atoms with Crippen LogP contribution in [0.3, 0.4) is 0 Å². The van der Waals surface area contributed by atoms with Crippen molar-refractivity contribution in [3.63, 3.8) is 0 Å². The molecule has 0 spiro atoms. The number of anilines is 1. The van der Waals surface area contributed by atoms with Crippen molar-refractivity contribution in [2.75, 3.05) is 18.4 Å². The Kier molecular flexibility index (Phi) is 3.94. The Labute approximate surface area is 110 Å². The van der Waals surface area contributed by atoms with Gasteiger partial charge in [-0.15, -0.1) is 0 Å². The number of carboxylic acid groups (broad SMARTS) is 1. The molecule has 0 aromatic carbocycles. The molecule has 1 aromatic rings. The van der Waals surface area contributed by atoms with Gasteiger partial charge in [0, 0.05) is 19.3 Å². The van der Waals surface area contributed by atoms with Crippen molar-refractivity contribution in [1.82, 2.24) is 14.9 Å². The van der Waals surface area contributed by atoms with Crippen molar-refractivity contribution in [3.05, 3.63) is 18.6 Å². The second-order valence-corrected chi connectivity index (χ2v) is 4.81. The first-order valence-electron chi connectivity index (χ1n) is 6.11. The highest BCUT2D eigenvalue weighted by molar-refractivity contribution is 5.88. The lowest BCUT2D eigenvalue weighted by molar-refractivity contribution is -0.143. The van der Waals surface area contributed by atoms with Crippen LogP contribution in [-0.4, -0.2) is 45.1 Å². The Bertz CT molecular complexity index is 465. The number of hydrogen-bond acceptors (Lipinski definition) is 4. The van der Waals surface area contributed by atoms with Crippen molar-refractivity contribution in [2.45, 2.75) is 13.3 Å². The minimum absolute atomic E-state index is 0.172. The van der Waals surface area contributed by atoms with Gasteiger partial charge in [-0.2, -0.15) is 0 Å². The molecular weight excluding hydrogens is 248 g/mol. The Balaban J connectivity index is 2.00. The fourth-order valence-electron chi connectivity index (χ4n) is 2.25. The molecule has 0 aliphatic carbocycles. The van der Waals surface area contributed by atoms with Crippen LogP contribution in [0.15, 0.2) is 18.6 Å². The van der Waals surface area contributed by atoms with Gasteiger partial charge < -0.3 is 10.0 Å². The molecule has 0 saturated carbocycles. The van der Waals surface area contributed by atoms with Crippen LogP contribution in [0.25, 0.3) is 0 Å². The van der Waals surface area contributed by atoms with E-state index in [0.717, 1.165) is 0 Å². The summed E-state index contributed by atoms with van der Waals surface area (Å²) < 4.78 is 0. The van der Waals surface area contributed by atoms with Crippen LogP contribution in [0.4, 0.5) is 10.6 Å². The number of urea groups is 1. The number of carbonyl (C=O) groups is 2. The minimum Gasteiger partial charge on any atom is -0.481 e. The summed E-state index contributed by atoms with van der Waals surface area (Å²) in [5, 5.41) is 11.7. The smallest absolute Gasteiger partial charge is 0.323 e. The van der Waals surface area contributed by atoms with E-state index in [4.69, 9.17) is 5.11 Å². The molecule has 2 amide bonds. The fraction of sp³-hybridized carbons (Fsp3) is 0.500. The quantitative estimate of drug-likeness (QED) is 0.832. The van der Waals surface area contributed by atoms with Gasteiger partial charge in [-0.25, -0.2) is 14.8 Å². The standard InChI is InChI=1S/C12H16N4O3/c1-8-4-9(11(17)18)6-16(5-8)12(19)15-10-2-3-13-7-14-10/h2-3,7-9H,4-6H2,1H3,(H,17,18)(H,13,14,15,19). The molecule has 1 aliphatic rings. The molecule has 0 bridgehead atoms. The molecule has 1 aliphatic heterocycles. The lowest BCUT2D eigenvalue weighted by Crippen LogP contribution is -2.47. The highest BCUT2D eigenvalue weighted by atomic mass is 16.4. The number of nitrogens with zero attached hydrogens (tertiary/aromatic N) is 3. The third-order valence-corrected chi connectivity index (χ3v) is 3.11. The number of hydrogen-bond donors (Lipinski definition) is 2. The summed E-state index contributed by atoms with van der Waals surface area (Å²) in [5.74, 6) is -0.776. The third kappa shape index (κ3) is 3.40. The second kappa shape index (κ2) is 5.64. The Morgan fingerprint density at radius 2 is 2.26 bits per heavy atom. The number of rotatable bonds is 2. The summed E-state index contributed by atoms with van der Waals surface area (Å²) in [4.78, 5) is 32.3. The van der Waals surface area contributed by atoms with Crippen molar-refractivity contribution >= 4 is 17.8 Å². The third-order valence-electron chi connectivity index (χ3n) is 3.11. The Hall–Kier alpha value is -2.18. The van der Waals surface area contributed by atoms with E-state index < -0.39 is 11.9 Å². The number of likely N-dealkylation sites (tertiary alicyclic amines) is 1. The molecule has 2 atom stereocenters. The zero-order chi connectivity index (χ0) is 13.8. The normalized spacial score (nSPS) is 22.9. The lowest BCUT2D eigenvalue weighted by atomic mass is 9.91. The van der Waals surface area contributed by atoms with E-state index >= 15 is 0 Å². The summed E-state index contributed by atoms with van der Waals surface area (Å²) in [6, 6.07) is 1.26. The van der Waals surface area contributed by atoms with Crippen LogP contribution in [0, 0.1) is 11.8 Å². The van der Waals surface area contributed by atoms with Crippen molar-refractivity contribution in [1.29, 1.82) is 0 Å². The van der Waals surface area contributed by atoms with E-state index in [1.54, 1.807) is 6.07 Å². The van der Waals surface area contributed by atoms with Gasteiger partial charge in [0.25, 0.3) is 0 Å². The van der Waals surface area contributed by atoms with E-state index in [1.165, 1.54) is 17.4 Å². The van der Waals surface area contributed by atoms with Crippen LogP contribution >= 0.6 is 0 Å². The van der Waals surface area contributed by atoms with E-state index in [-0.39, 0.29) is 18.5 Å². The van der Waals surface area contributed by atoms with E-state index in [9.17, 15) is 9.59 Å². The average molecular weight is 264 g/mol. The maximum Gasteiger partial charge on any atom is 0.323 e. The molecule has 19 heavy (non-hydrogen) atoms. The molecule has 1 saturated heterocycles. The Morgan fingerprint density at radius 3 is 2.89 bits per heavy atom. The van der Waals surface area contributed by atoms with E-state index in [1.807, 2.05) is 6.92 Å². The summed E-state index contributed by atoms with van der Waals surface area (Å²) in [5.41, 5.74) is 0. The zero-order valence-corrected chi connectivity index (χ0v) is 10.6. The molecular formula is C12H16N4O3. The molecule has 7 heteroatoms. The summed E-state index contributed by atoms with van der Waals surface area (Å²) in [6.07, 6.45) is 3.47. The zero-order valence-electron chi connectivity index (χ0n) is 10.6. The average Bonchev–Trinajstić information content (AvgIpc) is 2.39. The molecule has 0 radical (unpaired) electrons. The first-order chi connectivity index (χ1) is 9.06. The lowest BCUT2D eigenvalue weighted by Gasteiger charge is -2.34. The molecule has 2 unspecified atom stereocenters. The summed E-state index contributed by atoms with van der Waals surface area (Å²) in [7, 11) is 0. The molecule has 102 valence electrons. The van der Waals surface area contributed by atoms with Crippen LogP contribution in [0.5, 0.6) is 0 Å². The molecule has 2 N–H and O–H groups in total. The maximum absolute atomic E-state index is 12.0. The minimum atomic E-state index is -0.855. The number of nitrogens with one attached hydrogen (secondary N) is 1. The van der Waals surface area contributed by atoms with Crippen molar-refractivity contribution in [2.24, 2.45) is 11.8 Å². The van der Waals surface area contributed by atoms with Crippen molar-refractivity contribution < 1.29 is 14.7 Å². The number of aromatic nitrogens is 2.